The zero-order valence-electron chi connectivity index (χ0n) is 16.5. The van der Waals surface area contributed by atoms with Crippen LogP contribution < -0.4 is 10.7 Å². The minimum absolute atomic E-state index is 0.139. The van der Waals surface area contributed by atoms with Crippen LogP contribution in [-0.2, 0) is 12.8 Å². The topological polar surface area (TPSA) is 62.0 Å². The molecule has 0 aromatic carbocycles. The van der Waals surface area contributed by atoms with Gasteiger partial charge in [0.1, 0.15) is 5.56 Å². The average molecular weight is 347 g/mol. The molecular weight excluding hydrogens is 312 g/mol. The molecule has 0 fully saturated rings. The molecule has 1 heterocycles. The number of carbonyl (C=O) groups excluding carboxylic acids is 1. The van der Waals surface area contributed by atoms with Crippen LogP contribution in [0, 0.1) is 0 Å². The summed E-state index contributed by atoms with van der Waals surface area (Å²) in [5.74, 6) is -0.369. The van der Waals surface area contributed by atoms with E-state index in [1.807, 2.05) is 33.8 Å². The van der Waals surface area contributed by atoms with Gasteiger partial charge in [0, 0.05) is 23.2 Å². The van der Waals surface area contributed by atoms with E-state index in [0.29, 0.717) is 5.70 Å². The molecule has 0 atom stereocenters. The van der Waals surface area contributed by atoms with E-state index >= 15 is 0 Å². The number of aromatic amines is 1. The zero-order valence-corrected chi connectivity index (χ0v) is 16.5. The molecule has 2 rings (SSSR count). The molecule has 1 aliphatic carbocycles. The summed E-state index contributed by atoms with van der Waals surface area (Å²) < 4.78 is 0. The van der Waals surface area contributed by atoms with E-state index in [-0.39, 0.29) is 16.9 Å². The number of rotatable bonds is 5. The first kappa shape index (κ1) is 22.9. The van der Waals surface area contributed by atoms with Gasteiger partial charge < -0.3 is 10.3 Å². The van der Waals surface area contributed by atoms with Crippen LogP contribution in [0.25, 0.3) is 0 Å². The minimum atomic E-state index is -0.369. The van der Waals surface area contributed by atoms with Gasteiger partial charge in [0.15, 0.2) is 5.43 Å². The summed E-state index contributed by atoms with van der Waals surface area (Å²) in [5, 5.41) is 2.75. The second kappa shape index (κ2) is 13.2. The van der Waals surface area contributed by atoms with Gasteiger partial charge in [-0.2, -0.15) is 0 Å². The van der Waals surface area contributed by atoms with Crippen molar-refractivity contribution in [1.29, 1.82) is 0 Å². The summed E-state index contributed by atoms with van der Waals surface area (Å²) in [6.07, 6.45) is 10.6. The molecule has 1 amide bonds. The van der Waals surface area contributed by atoms with E-state index in [1.165, 1.54) is 6.20 Å². The molecule has 0 spiro atoms. The Bertz CT molecular complexity index is 627. The first-order valence-corrected chi connectivity index (χ1v) is 9.54. The number of aromatic nitrogens is 1. The smallest absolute Gasteiger partial charge is 0.261 e. The maximum absolute atomic E-state index is 12.4. The van der Waals surface area contributed by atoms with E-state index in [4.69, 9.17) is 0 Å². The van der Waals surface area contributed by atoms with Crippen molar-refractivity contribution in [2.75, 3.05) is 0 Å². The van der Waals surface area contributed by atoms with Crippen molar-refractivity contribution in [3.05, 3.63) is 57.7 Å². The van der Waals surface area contributed by atoms with Crippen LogP contribution in [0.15, 0.2) is 35.4 Å². The second-order valence-electron chi connectivity index (χ2n) is 5.30. The van der Waals surface area contributed by atoms with E-state index in [1.54, 1.807) is 6.08 Å². The lowest BCUT2D eigenvalue weighted by atomic mass is 9.94. The van der Waals surface area contributed by atoms with Crippen molar-refractivity contribution in [2.24, 2.45) is 0 Å². The lowest BCUT2D eigenvalue weighted by Gasteiger charge is -2.15. The Kier molecular flexibility index (Phi) is 12.1. The number of fused-ring (bicyclic) bond motifs is 1. The van der Waals surface area contributed by atoms with E-state index in [9.17, 15) is 9.59 Å². The Hall–Kier alpha value is -2.10. The highest BCUT2D eigenvalue weighted by Crippen LogP contribution is 2.16. The van der Waals surface area contributed by atoms with Gasteiger partial charge in [0.05, 0.1) is 0 Å². The first-order valence-electron chi connectivity index (χ1n) is 9.54. The minimum Gasteiger partial charge on any atom is -0.364 e. The number of hydrogen-bond acceptors (Lipinski definition) is 2. The number of amides is 1. The summed E-state index contributed by atoms with van der Waals surface area (Å²) in [6.45, 7) is 13.7. The fourth-order valence-electron chi connectivity index (χ4n) is 2.55. The normalized spacial score (nSPS) is 12.6. The van der Waals surface area contributed by atoms with Crippen LogP contribution in [0.5, 0.6) is 0 Å². The summed E-state index contributed by atoms with van der Waals surface area (Å²) in [4.78, 5) is 27.8. The molecule has 1 aromatic rings. The highest BCUT2D eigenvalue weighted by atomic mass is 16.2. The summed E-state index contributed by atoms with van der Waals surface area (Å²) in [7, 11) is 0. The molecule has 2 N–H and O–H groups in total. The van der Waals surface area contributed by atoms with Crippen molar-refractivity contribution in [1.82, 2.24) is 10.3 Å². The monoisotopic (exact) mass is 346 g/mol. The number of carbonyl (C=O) groups is 1. The van der Waals surface area contributed by atoms with Crippen LogP contribution in [0.1, 0.15) is 81.9 Å². The maximum atomic E-state index is 12.4. The number of H-pyrrole nitrogens is 1. The van der Waals surface area contributed by atoms with Gasteiger partial charge in [-0.3, -0.25) is 9.59 Å². The molecule has 4 heteroatoms. The van der Waals surface area contributed by atoms with Gasteiger partial charge in [0.25, 0.3) is 5.91 Å². The fourth-order valence-corrected chi connectivity index (χ4v) is 2.55. The highest BCUT2D eigenvalue weighted by Gasteiger charge is 2.19. The van der Waals surface area contributed by atoms with Gasteiger partial charge in [0.2, 0.25) is 0 Å². The Morgan fingerprint density at radius 2 is 1.88 bits per heavy atom. The van der Waals surface area contributed by atoms with Gasteiger partial charge in [-0.25, -0.2) is 0 Å². The van der Waals surface area contributed by atoms with Crippen LogP contribution in [-0.4, -0.2) is 10.9 Å². The van der Waals surface area contributed by atoms with Crippen molar-refractivity contribution in [3.8, 4) is 0 Å². The van der Waals surface area contributed by atoms with Crippen molar-refractivity contribution >= 4 is 5.91 Å². The lowest BCUT2D eigenvalue weighted by molar-refractivity contribution is 0.0965. The first-order chi connectivity index (χ1) is 12.2. The molecule has 4 nitrogen and oxygen atoms in total. The number of allylic oxidation sites excluding steroid dienone is 2. The van der Waals surface area contributed by atoms with E-state index in [0.717, 1.165) is 49.8 Å². The fraction of sp³-hybridized carbons (Fsp3) is 0.524. The molecule has 1 aromatic heterocycles. The number of hydrogen-bond donors (Lipinski definition) is 2. The zero-order chi connectivity index (χ0) is 19.2. The van der Waals surface area contributed by atoms with Crippen molar-refractivity contribution in [3.63, 3.8) is 0 Å². The molecule has 25 heavy (non-hydrogen) atoms. The second-order valence-corrected chi connectivity index (χ2v) is 5.30. The van der Waals surface area contributed by atoms with E-state index < -0.39 is 0 Å². The highest BCUT2D eigenvalue weighted by molar-refractivity contribution is 5.95. The summed E-state index contributed by atoms with van der Waals surface area (Å²) in [5.41, 5.74) is 2.44. The largest absolute Gasteiger partial charge is 0.364 e. The number of nitrogens with one attached hydrogen (secondary N) is 2. The number of unbranched alkanes of at least 4 members (excludes halogenated alkanes) is 1. The van der Waals surface area contributed by atoms with Crippen LogP contribution in [0.3, 0.4) is 0 Å². The molecule has 0 saturated heterocycles. The Balaban J connectivity index is 0.00000134. The Morgan fingerprint density at radius 1 is 1.24 bits per heavy atom. The molecule has 0 radical (unpaired) electrons. The van der Waals surface area contributed by atoms with Crippen LogP contribution in [0.2, 0.25) is 0 Å². The van der Waals surface area contributed by atoms with Gasteiger partial charge >= 0.3 is 0 Å². The Morgan fingerprint density at radius 3 is 2.48 bits per heavy atom. The van der Waals surface area contributed by atoms with Crippen molar-refractivity contribution in [2.45, 2.75) is 73.1 Å². The third-order valence-corrected chi connectivity index (χ3v) is 3.75. The Labute approximate surface area is 152 Å². The molecular formula is C21H34N2O2. The molecule has 0 aliphatic heterocycles. The molecule has 140 valence electrons. The number of pyridine rings is 1. The lowest BCUT2D eigenvalue weighted by Crippen LogP contribution is -2.31. The molecule has 1 aliphatic rings. The SMILES string of the molecule is C=C/C(=C\CCC)NC(=O)c1c[nH]c2c(c1=O)CCCC2.CC.CC. The van der Waals surface area contributed by atoms with Gasteiger partial charge in [-0.05, 0) is 38.2 Å². The number of aryl methyl sites for hydroxylation is 1. The molecule has 0 saturated carbocycles. The molecule has 0 bridgehead atoms. The summed E-state index contributed by atoms with van der Waals surface area (Å²) in [6, 6.07) is 0. The molecule has 0 unspecified atom stereocenters. The van der Waals surface area contributed by atoms with Gasteiger partial charge in [-0.1, -0.05) is 53.7 Å². The van der Waals surface area contributed by atoms with Gasteiger partial charge in [-0.15, -0.1) is 0 Å². The summed E-state index contributed by atoms with van der Waals surface area (Å²) >= 11 is 0. The van der Waals surface area contributed by atoms with Crippen molar-refractivity contribution < 1.29 is 4.79 Å². The van der Waals surface area contributed by atoms with E-state index in [2.05, 4.69) is 23.8 Å². The third-order valence-electron chi connectivity index (χ3n) is 3.75. The quantitative estimate of drug-likeness (QED) is 0.744. The predicted octanol–water partition coefficient (Wildman–Crippen LogP) is 4.91. The maximum Gasteiger partial charge on any atom is 0.261 e. The standard InChI is InChI=1S/C17H22N2O2.2C2H6/c1-3-5-8-12(4-2)19-17(21)14-11-18-15-10-7-6-9-13(15)16(14)20;2*1-2/h4,8,11H,2-3,5-7,9-10H2,1H3,(H,18,20)(H,19,21);2*1-2H3/b12-8+;;. The van der Waals surface area contributed by atoms with Crippen LogP contribution in [0.4, 0.5) is 0 Å². The third kappa shape index (κ3) is 6.73. The average Bonchev–Trinajstić information content (AvgIpc) is 2.68. The predicted molar refractivity (Wildman–Crippen MR) is 107 cm³/mol. The van der Waals surface area contributed by atoms with Crippen LogP contribution >= 0.6 is 0 Å².